The van der Waals surface area contributed by atoms with Gasteiger partial charge in [-0.2, -0.15) is 5.26 Å². The SMILES string of the molecule is Cc1cc(/C=C(\C#N)C(=O)Nc2nncs2)c(C)n1C1CCCCC1. The highest BCUT2D eigenvalue weighted by Gasteiger charge is 2.20. The van der Waals surface area contributed by atoms with E-state index in [9.17, 15) is 10.1 Å². The lowest BCUT2D eigenvalue weighted by molar-refractivity contribution is -0.112. The molecule has 0 spiro atoms. The highest BCUT2D eigenvalue weighted by atomic mass is 32.1. The van der Waals surface area contributed by atoms with Gasteiger partial charge in [0.1, 0.15) is 17.2 Å². The molecule has 0 bridgehead atoms. The minimum Gasteiger partial charge on any atom is -0.346 e. The number of aryl methyl sites for hydroxylation is 1. The van der Waals surface area contributed by atoms with Crippen LogP contribution in [0.1, 0.15) is 55.1 Å². The Balaban J connectivity index is 1.86. The number of amides is 1. The van der Waals surface area contributed by atoms with Crippen LogP contribution in [0.5, 0.6) is 0 Å². The third-order valence-electron chi connectivity index (χ3n) is 4.71. The smallest absolute Gasteiger partial charge is 0.268 e. The van der Waals surface area contributed by atoms with Crippen LogP contribution in [0.25, 0.3) is 6.08 Å². The van der Waals surface area contributed by atoms with Gasteiger partial charge < -0.3 is 4.57 Å². The number of carbonyl (C=O) groups excluding carboxylic acids is 1. The van der Waals surface area contributed by atoms with Gasteiger partial charge in [-0.05, 0) is 44.4 Å². The molecule has 1 fully saturated rings. The maximum Gasteiger partial charge on any atom is 0.268 e. The van der Waals surface area contributed by atoms with Crippen LogP contribution in [0.3, 0.4) is 0 Å². The van der Waals surface area contributed by atoms with Gasteiger partial charge in [-0.3, -0.25) is 10.1 Å². The number of rotatable bonds is 4. The third kappa shape index (κ3) is 3.80. The van der Waals surface area contributed by atoms with Gasteiger partial charge in [0.25, 0.3) is 5.91 Å². The second-order valence-electron chi connectivity index (χ2n) is 6.36. The highest BCUT2D eigenvalue weighted by Crippen LogP contribution is 2.32. The Hall–Kier alpha value is -2.46. The molecule has 3 rings (SSSR count). The second-order valence-corrected chi connectivity index (χ2v) is 7.19. The van der Waals surface area contributed by atoms with Crippen LogP contribution in [0.15, 0.2) is 17.2 Å². The molecule has 2 heterocycles. The van der Waals surface area contributed by atoms with Crippen molar-refractivity contribution in [1.82, 2.24) is 14.8 Å². The minimum absolute atomic E-state index is 0.0686. The molecule has 6 nitrogen and oxygen atoms in total. The molecule has 0 unspecified atom stereocenters. The Morgan fingerprint density at radius 2 is 2.16 bits per heavy atom. The summed E-state index contributed by atoms with van der Waals surface area (Å²) in [5.41, 5.74) is 4.81. The molecular weight excluding hydrogens is 334 g/mol. The number of anilines is 1. The van der Waals surface area contributed by atoms with Crippen molar-refractivity contribution < 1.29 is 4.79 Å². The van der Waals surface area contributed by atoms with Crippen LogP contribution in [0.4, 0.5) is 5.13 Å². The first-order chi connectivity index (χ1) is 12.1. The van der Waals surface area contributed by atoms with Crippen molar-refractivity contribution in [2.45, 2.75) is 52.0 Å². The summed E-state index contributed by atoms with van der Waals surface area (Å²) in [5.74, 6) is -0.457. The number of carbonyl (C=O) groups is 1. The Morgan fingerprint density at radius 3 is 2.80 bits per heavy atom. The minimum atomic E-state index is -0.457. The molecule has 1 amide bonds. The maximum atomic E-state index is 12.3. The predicted molar refractivity (Wildman–Crippen MR) is 98.2 cm³/mol. The van der Waals surface area contributed by atoms with Crippen molar-refractivity contribution >= 4 is 28.5 Å². The number of aromatic nitrogens is 3. The first-order valence-electron chi connectivity index (χ1n) is 8.48. The summed E-state index contributed by atoms with van der Waals surface area (Å²) in [5, 5.41) is 19.8. The first-order valence-corrected chi connectivity index (χ1v) is 9.36. The van der Waals surface area contributed by atoms with E-state index >= 15 is 0 Å². The summed E-state index contributed by atoms with van der Waals surface area (Å²) in [6.45, 7) is 4.15. The summed E-state index contributed by atoms with van der Waals surface area (Å²) in [7, 11) is 0. The number of nitrogens with zero attached hydrogens (tertiary/aromatic N) is 4. The third-order valence-corrected chi connectivity index (χ3v) is 5.32. The predicted octanol–water partition coefficient (Wildman–Crippen LogP) is 4.01. The number of hydrogen-bond donors (Lipinski definition) is 1. The van der Waals surface area contributed by atoms with E-state index < -0.39 is 5.91 Å². The number of nitriles is 1. The summed E-state index contributed by atoms with van der Waals surface area (Å²) >= 11 is 1.22. The second kappa shape index (κ2) is 7.62. The lowest BCUT2D eigenvalue weighted by Gasteiger charge is -2.26. The number of nitrogens with one attached hydrogen (secondary N) is 1. The summed E-state index contributed by atoms with van der Waals surface area (Å²) in [6.07, 6.45) is 7.90. The van der Waals surface area contributed by atoms with Gasteiger partial charge in [0.15, 0.2) is 0 Å². The molecule has 25 heavy (non-hydrogen) atoms. The normalized spacial score (nSPS) is 15.8. The molecular formula is C18H21N5OS. The van der Waals surface area contributed by atoms with Gasteiger partial charge in [0.2, 0.25) is 5.13 Å². The lowest BCUT2D eigenvalue weighted by atomic mass is 9.95. The Morgan fingerprint density at radius 1 is 1.40 bits per heavy atom. The molecule has 0 saturated heterocycles. The van der Waals surface area contributed by atoms with E-state index in [0.717, 1.165) is 11.3 Å². The molecule has 1 aliphatic carbocycles. The van der Waals surface area contributed by atoms with E-state index in [1.165, 1.54) is 54.6 Å². The fourth-order valence-corrected chi connectivity index (χ4v) is 3.99. The molecule has 0 radical (unpaired) electrons. The van der Waals surface area contributed by atoms with Crippen LogP contribution in [0.2, 0.25) is 0 Å². The van der Waals surface area contributed by atoms with Crippen molar-refractivity contribution in [3.63, 3.8) is 0 Å². The highest BCUT2D eigenvalue weighted by molar-refractivity contribution is 7.13. The first kappa shape index (κ1) is 17.4. The Bertz CT molecular complexity index is 823. The zero-order valence-corrected chi connectivity index (χ0v) is 15.3. The van der Waals surface area contributed by atoms with E-state index in [4.69, 9.17) is 0 Å². The molecule has 1 aliphatic rings. The van der Waals surface area contributed by atoms with Gasteiger partial charge in [0.05, 0.1) is 0 Å². The largest absolute Gasteiger partial charge is 0.346 e. The molecule has 1 N–H and O–H groups in total. The summed E-state index contributed by atoms with van der Waals surface area (Å²) < 4.78 is 2.36. The molecule has 0 aromatic carbocycles. The molecule has 7 heteroatoms. The average Bonchev–Trinajstić information content (AvgIpc) is 3.21. The standard InChI is InChI=1S/C18H21N5OS/c1-12-8-14(13(2)23(12)16-6-4-3-5-7-16)9-15(10-19)17(24)21-18-22-20-11-25-18/h8-9,11,16H,3-7H2,1-2H3,(H,21,22,24)/b15-9+. The molecule has 2 aromatic heterocycles. The van der Waals surface area contributed by atoms with Crippen LogP contribution >= 0.6 is 11.3 Å². The summed E-state index contributed by atoms with van der Waals surface area (Å²) in [6, 6.07) is 4.57. The average molecular weight is 355 g/mol. The van der Waals surface area contributed by atoms with Gasteiger partial charge in [-0.15, -0.1) is 10.2 Å². The van der Waals surface area contributed by atoms with Gasteiger partial charge >= 0.3 is 0 Å². The maximum absolute atomic E-state index is 12.3. The monoisotopic (exact) mass is 355 g/mol. The Kier molecular flexibility index (Phi) is 5.29. The van der Waals surface area contributed by atoms with Gasteiger partial charge in [0, 0.05) is 17.4 Å². The van der Waals surface area contributed by atoms with Gasteiger partial charge in [-0.25, -0.2) is 0 Å². The Labute approximate surface area is 151 Å². The molecule has 2 aromatic rings. The quantitative estimate of drug-likeness (QED) is 0.663. The summed E-state index contributed by atoms with van der Waals surface area (Å²) in [4.78, 5) is 12.3. The van der Waals surface area contributed by atoms with Crippen molar-refractivity contribution in [2.75, 3.05) is 5.32 Å². The molecule has 1 saturated carbocycles. The van der Waals surface area contributed by atoms with Crippen molar-refractivity contribution in [3.8, 4) is 6.07 Å². The lowest BCUT2D eigenvalue weighted by Crippen LogP contribution is -2.15. The van der Waals surface area contributed by atoms with E-state index in [2.05, 4.69) is 40.0 Å². The fraction of sp³-hybridized carbons (Fsp3) is 0.444. The van der Waals surface area contributed by atoms with Gasteiger partial charge in [-0.1, -0.05) is 30.6 Å². The van der Waals surface area contributed by atoms with Crippen molar-refractivity contribution in [2.24, 2.45) is 0 Å². The van der Waals surface area contributed by atoms with E-state index in [0.29, 0.717) is 11.2 Å². The van der Waals surface area contributed by atoms with E-state index in [1.807, 2.05) is 6.07 Å². The van der Waals surface area contributed by atoms with Crippen LogP contribution < -0.4 is 5.32 Å². The van der Waals surface area contributed by atoms with Crippen LogP contribution in [-0.2, 0) is 4.79 Å². The van der Waals surface area contributed by atoms with E-state index in [-0.39, 0.29) is 5.57 Å². The topological polar surface area (TPSA) is 83.6 Å². The van der Waals surface area contributed by atoms with Crippen LogP contribution in [0, 0.1) is 25.2 Å². The molecule has 130 valence electrons. The zero-order chi connectivity index (χ0) is 17.8. The van der Waals surface area contributed by atoms with Crippen LogP contribution in [-0.4, -0.2) is 20.7 Å². The van der Waals surface area contributed by atoms with Crippen molar-refractivity contribution in [1.29, 1.82) is 5.26 Å². The van der Waals surface area contributed by atoms with E-state index in [1.54, 1.807) is 6.08 Å². The molecule has 0 aliphatic heterocycles. The van der Waals surface area contributed by atoms with Crippen molar-refractivity contribution in [3.05, 3.63) is 34.1 Å². The fourth-order valence-electron chi connectivity index (χ4n) is 3.55. The zero-order valence-electron chi connectivity index (χ0n) is 14.5. The molecule has 0 atom stereocenters. The number of hydrogen-bond acceptors (Lipinski definition) is 5.